The lowest BCUT2D eigenvalue weighted by Crippen LogP contribution is -2.17. The molecule has 0 aliphatic heterocycles. The van der Waals surface area contributed by atoms with Crippen molar-refractivity contribution in [2.75, 3.05) is 13.2 Å². The van der Waals surface area contributed by atoms with E-state index in [1.54, 1.807) is 0 Å². The Morgan fingerprint density at radius 2 is 1.00 bits per heavy atom. The molecule has 0 N–H and O–H groups in total. The molecule has 0 unspecified atom stereocenters. The van der Waals surface area contributed by atoms with Gasteiger partial charge in [-0.3, -0.25) is 0 Å². The lowest BCUT2D eigenvalue weighted by molar-refractivity contribution is 0.0409. The molecule has 2 fully saturated rings. The van der Waals surface area contributed by atoms with Gasteiger partial charge in [0, 0.05) is 0 Å². The Bertz CT molecular complexity index is 201. The fourth-order valence-electron chi connectivity index (χ4n) is 2.98. The molecule has 0 atom stereocenters. The number of ether oxygens (including phenoxy) is 2. The van der Waals surface area contributed by atoms with Gasteiger partial charge >= 0.3 is 0 Å². The molecule has 0 radical (unpaired) electrons. The predicted molar refractivity (Wildman–Crippen MR) is 74.8 cm³/mol. The van der Waals surface area contributed by atoms with Crippen LogP contribution in [0, 0.1) is 0 Å². The van der Waals surface area contributed by atoms with E-state index in [-0.39, 0.29) is 0 Å². The lowest BCUT2D eigenvalue weighted by Gasteiger charge is -2.21. The van der Waals surface area contributed by atoms with Crippen molar-refractivity contribution in [2.24, 2.45) is 0 Å². The van der Waals surface area contributed by atoms with Gasteiger partial charge in [-0.05, 0) is 25.7 Å². The normalized spacial score (nSPS) is 23.8. The van der Waals surface area contributed by atoms with Crippen LogP contribution >= 0.6 is 0 Å². The van der Waals surface area contributed by atoms with Gasteiger partial charge in [0.05, 0.1) is 25.4 Å². The summed E-state index contributed by atoms with van der Waals surface area (Å²) in [7, 11) is 0. The summed E-state index contributed by atoms with van der Waals surface area (Å²) in [6.07, 6.45) is 18.5. The quantitative estimate of drug-likeness (QED) is 0.658. The van der Waals surface area contributed by atoms with Gasteiger partial charge < -0.3 is 9.47 Å². The van der Waals surface area contributed by atoms with Gasteiger partial charge in [0.2, 0.25) is 0 Å². The third-order valence-corrected chi connectivity index (χ3v) is 4.13. The highest BCUT2D eigenvalue weighted by Crippen LogP contribution is 2.21. The minimum absolute atomic E-state index is 0.516. The maximum atomic E-state index is 5.83. The highest BCUT2D eigenvalue weighted by Gasteiger charge is 2.13. The van der Waals surface area contributed by atoms with Crippen LogP contribution in [0.2, 0.25) is 0 Å². The van der Waals surface area contributed by atoms with Crippen molar-refractivity contribution < 1.29 is 9.47 Å². The van der Waals surface area contributed by atoms with E-state index in [0.29, 0.717) is 12.2 Å². The van der Waals surface area contributed by atoms with Crippen LogP contribution in [0.3, 0.4) is 0 Å². The first kappa shape index (κ1) is 14.1. The zero-order valence-electron chi connectivity index (χ0n) is 11.6. The highest BCUT2D eigenvalue weighted by atomic mass is 16.5. The van der Waals surface area contributed by atoms with Crippen molar-refractivity contribution >= 4 is 0 Å². The minimum atomic E-state index is 0.516. The fourth-order valence-corrected chi connectivity index (χ4v) is 2.98. The van der Waals surface area contributed by atoms with Gasteiger partial charge in [-0.15, -0.1) is 0 Å². The summed E-state index contributed by atoms with van der Waals surface area (Å²) in [5.74, 6) is 0. The molecule has 2 aliphatic carbocycles. The van der Waals surface area contributed by atoms with E-state index < -0.39 is 0 Å². The van der Waals surface area contributed by atoms with Gasteiger partial charge in [-0.2, -0.15) is 0 Å². The fraction of sp³-hybridized carbons (Fsp3) is 0.875. The van der Waals surface area contributed by atoms with Crippen molar-refractivity contribution in [1.29, 1.82) is 0 Å². The molecule has 2 aliphatic rings. The number of rotatable bonds is 6. The van der Waals surface area contributed by atoms with E-state index in [1.807, 2.05) is 0 Å². The van der Waals surface area contributed by atoms with Crippen LogP contribution in [0.15, 0.2) is 12.2 Å². The van der Waals surface area contributed by atoms with Gasteiger partial charge in [0.1, 0.15) is 0 Å². The Balaban J connectivity index is 1.46. The van der Waals surface area contributed by atoms with Crippen LogP contribution in [0.4, 0.5) is 0 Å². The highest BCUT2D eigenvalue weighted by molar-refractivity contribution is 4.82. The summed E-state index contributed by atoms with van der Waals surface area (Å²) >= 11 is 0. The molecular weight excluding hydrogens is 224 g/mol. The molecule has 18 heavy (non-hydrogen) atoms. The van der Waals surface area contributed by atoms with Crippen molar-refractivity contribution in [3.63, 3.8) is 0 Å². The van der Waals surface area contributed by atoms with E-state index in [9.17, 15) is 0 Å². The summed E-state index contributed by atoms with van der Waals surface area (Å²) in [6.45, 7) is 1.53. The Hall–Kier alpha value is -0.340. The van der Waals surface area contributed by atoms with E-state index >= 15 is 0 Å². The smallest absolute Gasteiger partial charge is 0.0652 e. The van der Waals surface area contributed by atoms with Crippen molar-refractivity contribution in [1.82, 2.24) is 0 Å². The lowest BCUT2D eigenvalue weighted by atomic mass is 9.98. The van der Waals surface area contributed by atoms with Crippen LogP contribution in [-0.4, -0.2) is 25.4 Å². The Kier molecular flexibility index (Phi) is 6.81. The summed E-state index contributed by atoms with van der Waals surface area (Å²) in [5.41, 5.74) is 0. The minimum Gasteiger partial charge on any atom is -0.374 e. The first-order valence-corrected chi connectivity index (χ1v) is 7.83. The van der Waals surface area contributed by atoms with Crippen molar-refractivity contribution in [3.05, 3.63) is 12.2 Å². The first-order chi connectivity index (χ1) is 8.95. The second-order valence-electron chi connectivity index (χ2n) is 5.66. The second-order valence-corrected chi connectivity index (χ2v) is 5.66. The van der Waals surface area contributed by atoms with Crippen LogP contribution < -0.4 is 0 Å². The maximum Gasteiger partial charge on any atom is 0.0652 e. The Labute approximate surface area is 112 Å². The zero-order valence-corrected chi connectivity index (χ0v) is 11.6. The summed E-state index contributed by atoms with van der Waals surface area (Å²) in [6, 6.07) is 0. The monoisotopic (exact) mass is 252 g/mol. The first-order valence-electron chi connectivity index (χ1n) is 7.83. The standard InChI is InChI=1S/C16H28O2/c1-3-9-15(10-4-1)17-13-7-8-14-18-16-11-5-2-6-12-16/h7-8,15-16H,1-6,9-14H2. The summed E-state index contributed by atoms with van der Waals surface area (Å²) in [4.78, 5) is 0. The molecule has 2 rings (SSSR count). The van der Waals surface area contributed by atoms with Crippen LogP contribution in [-0.2, 0) is 9.47 Å². The molecule has 0 bridgehead atoms. The molecule has 0 saturated heterocycles. The second kappa shape index (κ2) is 8.71. The molecule has 2 nitrogen and oxygen atoms in total. The van der Waals surface area contributed by atoms with Gasteiger partial charge in [0.15, 0.2) is 0 Å². The SMILES string of the molecule is C(=CCOC1CCCCC1)COC1CCCCC1. The Morgan fingerprint density at radius 3 is 1.39 bits per heavy atom. The predicted octanol–water partition coefficient (Wildman–Crippen LogP) is 4.24. The Morgan fingerprint density at radius 1 is 0.611 bits per heavy atom. The van der Waals surface area contributed by atoms with E-state index in [4.69, 9.17) is 9.47 Å². The van der Waals surface area contributed by atoms with Crippen LogP contribution in [0.5, 0.6) is 0 Å². The topological polar surface area (TPSA) is 18.5 Å². The zero-order chi connectivity index (χ0) is 12.5. The van der Waals surface area contributed by atoms with Crippen molar-refractivity contribution in [2.45, 2.75) is 76.4 Å². The molecule has 0 aromatic rings. The molecule has 0 amide bonds. The van der Waals surface area contributed by atoms with Gasteiger partial charge in [-0.25, -0.2) is 0 Å². The molecule has 2 saturated carbocycles. The molecule has 0 aromatic carbocycles. The average molecular weight is 252 g/mol. The summed E-state index contributed by atoms with van der Waals surface area (Å²) in [5, 5.41) is 0. The van der Waals surface area contributed by atoms with Crippen LogP contribution in [0.25, 0.3) is 0 Å². The van der Waals surface area contributed by atoms with Gasteiger partial charge in [-0.1, -0.05) is 50.7 Å². The van der Waals surface area contributed by atoms with E-state index in [2.05, 4.69) is 12.2 Å². The van der Waals surface area contributed by atoms with Crippen LogP contribution in [0.1, 0.15) is 64.2 Å². The van der Waals surface area contributed by atoms with Crippen molar-refractivity contribution in [3.8, 4) is 0 Å². The maximum absolute atomic E-state index is 5.83. The molecule has 2 heteroatoms. The number of hydrogen-bond acceptors (Lipinski definition) is 2. The molecule has 0 heterocycles. The molecular formula is C16H28O2. The molecule has 104 valence electrons. The third kappa shape index (κ3) is 5.53. The summed E-state index contributed by atoms with van der Waals surface area (Å²) < 4.78 is 11.7. The van der Waals surface area contributed by atoms with E-state index in [0.717, 1.165) is 13.2 Å². The largest absolute Gasteiger partial charge is 0.374 e. The molecule has 0 spiro atoms. The number of hydrogen-bond donors (Lipinski definition) is 0. The molecule has 0 aromatic heterocycles. The third-order valence-electron chi connectivity index (χ3n) is 4.13. The van der Waals surface area contributed by atoms with E-state index in [1.165, 1.54) is 64.2 Å². The van der Waals surface area contributed by atoms with Gasteiger partial charge in [0.25, 0.3) is 0 Å². The average Bonchev–Trinajstić information content (AvgIpc) is 2.45.